The summed E-state index contributed by atoms with van der Waals surface area (Å²) in [6, 6.07) is 0. The van der Waals surface area contributed by atoms with Gasteiger partial charge < -0.3 is 14.2 Å². The maximum absolute atomic E-state index is 13.1. The predicted molar refractivity (Wildman–Crippen MR) is 102 cm³/mol. The van der Waals surface area contributed by atoms with E-state index in [1.54, 1.807) is 20.8 Å². The van der Waals surface area contributed by atoms with E-state index in [2.05, 4.69) is 0 Å². The molecule has 0 aliphatic heterocycles. The highest BCUT2D eigenvalue weighted by Gasteiger charge is 2.35. The highest BCUT2D eigenvalue weighted by molar-refractivity contribution is 7.48. The quantitative estimate of drug-likeness (QED) is 0.277. The standard InChI is InChI=1S/C18H39O7P/c1-13(2)10-20-16(7)23-26(19,24-17(8)21-11-14(3)4)25-18(9)22-12-15(5)6/h13-18H,10-12H2,1-9H3. The van der Waals surface area contributed by atoms with E-state index in [9.17, 15) is 4.57 Å². The molecular formula is C18H39O7P. The molecule has 0 heterocycles. The van der Waals surface area contributed by atoms with Gasteiger partial charge in [0.05, 0.1) is 19.8 Å². The highest BCUT2D eigenvalue weighted by atomic mass is 31.2. The molecule has 26 heavy (non-hydrogen) atoms. The van der Waals surface area contributed by atoms with E-state index in [4.69, 9.17) is 27.8 Å². The van der Waals surface area contributed by atoms with Crippen molar-refractivity contribution in [1.29, 1.82) is 0 Å². The lowest BCUT2D eigenvalue weighted by atomic mass is 10.2. The van der Waals surface area contributed by atoms with Crippen LogP contribution in [0.4, 0.5) is 0 Å². The van der Waals surface area contributed by atoms with Crippen LogP contribution in [0, 0.1) is 17.8 Å². The van der Waals surface area contributed by atoms with Crippen LogP contribution in [0.3, 0.4) is 0 Å². The van der Waals surface area contributed by atoms with Crippen LogP contribution in [0.1, 0.15) is 62.3 Å². The molecule has 0 aromatic rings. The van der Waals surface area contributed by atoms with Gasteiger partial charge >= 0.3 is 7.82 Å². The van der Waals surface area contributed by atoms with Crippen molar-refractivity contribution < 1.29 is 32.3 Å². The van der Waals surface area contributed by atoms with Gasteiger partial charge in [0.15, 0.2) is 18.9 Å². The molecule has 158 valence electrons. The largest absolute Gasteiger partial charge is 0.481 e. The van der Waals surface area contributed by atoms with Gasteiger partial charge in [-0.1, -0.05) is 41.5 Å². The first-order valence-electron chi connectivity index (χ1n) is 9.43. The molecule has 0 saturated carbocycles. The lowest BCUT2D eigenvalue weighted by molar-refractivity contribution is -0.153. The molecule has 0 aliphatic carbocycles. The molecule has 3 atom stereocenters. The molecule has 0 radical (unpaired) electrons. The summed E-state index contributed by atoms with van der Waals surface area (Å²) in [5, 5.41) is 0. The third-order valence-electron chi connectivity index (χ3n) is 2.83. The van der Waals surface area contributed by atoms with Crippen molar-refractivity contribution in [3.63, 3.8) is 0 Å². The Morgan fingerprint density at radius 2 is 0.769 bits per heavy atom. The minimum atomic E-state index is -3.94. The zero-order chi connectivity index (χ0) is 20.3. The SMILES string of the molecule is CC(C)COC(C)OP(=O)(OC(C)OCC(C)C)OC(C)OCC(C)C. The fraction of sp³-hybridized carbons (Fsp3) is 1.00. The molecular weight excluding hydrogens is 359 g/mol. The van der Waals surface area contributed by atoms with Crippen LogP contribution in [0.25, 0.3) is 0 Å². The van der Waals surface area contributed by atoms with E-state index in [0.717, 1.165) is 0 Å². The van der Waals surface area contributed by atoms with Crippen molar-refractivity contribution in [2.45, 2.75) is 81.2 Å². The number of phosphoric ester groups is 1. The summed E-state index contributed by atoms with van der Waals surface area (Å²) in [6.07, 6.45) is -2.26. The van der Waals surface area contributed by atoms with Crippen LogP contribution < -0.4 is 0 Å². The Labute approximate surface area is 159 Å². The van der Waals surface area contributed by atoms with Gasteiger partial charge in [0.25, 0.3) is 0 Å². The molecule has 0 aromatic heterocycles. The average molecular weight is 398 g/mol. The maximum atomic E-state index is 13.1. The molecule has 0 N–H and O–H groups in total. The first kappa shape index (κ1) is 26.0. The second kappa shape index (κ2) is 13.2. The number of ether oxygens (including phenoxy) is 3. The highest BCUT2D eigenvalue weighted by Crippen LogP contribution is 2.53. The molecule has 0 bridgehead atoms. The van der Waals surface area contributed by atoms with Crippen molar-refractivity contribution in [3.8, 4) is 0 Å². The Kier molecular flexibility index (Phi) is 13.2. The van der Waals surface area contributed by atoms with Crippen LogP contribution in [-0.4, -0.2) is 38.7 Å². The van der Waals surface area contributed by atoms with Crippen LogP contribution >= 0.6 is 7.82 Å². The molecule has 0 aliphatic rings. The maximum Gasteiger partial charge on any atom is 0.481 e. The normalized spacial score (nSPS) is 18.3. The number of hydrogen-bond donors (Lipinski definition) is 0. The van der Waals surface area contributed by atoms with E-state index < -0.39 is 26.7 Å². The Balaban J connectivity index is 4.85. The molecule has 8 heteroatoms. The van der Waals surface area contributed by atoms with Crippen molar-refractivity contribution in [2.75, 3.05) is 19.8 Å². The van der Waals surface area contributed by atoms with E-state index >= 15 is 0 Å². The Morgan fingerprint density at radius 1 is 0.538 bits per heavy atom. The Bertz CT molecular complexity index is 344. The summed E-state index contributed by atoms with van der Waals surface area (Å²) in [5.41, 5.74) is 0. The third kappa shape index (κ3) is 14.1. The van der Waals surface area contributed by atoms with Crippen LogP contribution in [0.15, 0.2) is 0 Å². The molecule has 0 rings (SSSR count). The Morgan fingerprint density at radius 3 is 0.962 bits per heavy atom. The fourth-order valence-electron chi connectivity index (χ4n) is 1.70. The summed E-state index contributed by atoms with van der Waals surface area (Å²) >= 11 is 0. The smallest absolute Gasteiger partial charge is 0.352 e. The predicted octanol–water partition coefficient (Wildman–Crippen LogP) is 5.20. The molecule has 3 unspecified atom stereocenters. The lowest BCUT2D eigenvalue weighted by Gasteiger charge is -2.27. The van der Waals surface area contributed by atoms with Gasteiger partial charge in [-0.15, -0.1) is 0 Å². The summed E-state index contributed by atoms with van der Waals surface area (Å²) in [7, 11) is -3.94. The summed E-state index contributed by atoms with van der Waals surface area (Å²) in [6.45, 7) is 18.5. The number of hydrogen-bond acceptors (Lipinski definition) is 7. The van der Waals surface area contributed by atoms with Crippen molar-refractivity contribution in [3.05, 3.63) is 0 Å². The zero-order valence-corrected chi connectivity index (χ0v) is 18.8. The van der Waals surface area contributed by atoms with E-state index in [0.29, 0.717) is 37.6 Å². The molecule has 0 amide bonds. The van der Waals surface area contributed by atoms with Gasteiger partial charge in [-0.3, -0.25) is 13.6 Å². The van der Waals surface area contributed by atoms with Crippen LogP contribution in [-0.2, 0) is 32.3 Å². The minimum Gasteiger partial charge on any atom is -0.352 e. The van der Waals surface area contributed by atoms with E-state index in [-0.39, 0.29) is 0 Å². The van der Waals surface area contributed by atoms with E-state index in [1.165, 1.54) is 0 Å². The average Bonchev–Trinajstić information content (AvgIpc) is 2.48. The van der Waals surface area contributed by atoms with Crippen LogP contribution in [0.2, 0.25) is 0 Å². The van der Waals surface area contributed by atoms with Gasteiger partial charge in [0.1, 0.15) is 0 Å². The molecule has 0 aromatic carbocycles. The van der Waals surface area contributed by atoms with Crippen LogP contribution in [0.5, 0.6) is 0 Å². The first-order chi connectivity index (χ1) is 11.9. The van der Waals surface area contributed by atoms with Crippen molar-refractivity contribution in [1.82, 2.24) is 0 Å². The monoisotopic (exact) mass is 398 g/mol. The molecule has 7 nitrogen and oxygen atoms in total. The summed E-state index contributed by atoms with van der Waals surface area (Å²) < 4.78 is 46.1. The molecule has 0 fully saturated rings. The summed E-state index contributed by atoms with van der Waals surface area (Å²) in [4.78, 5) is 0. The topological polar surface area (TPSA) is 72.5 Å². The Hall–Kier alpha value is -0.0100. The lowest BCUT2D eigenvalue weighted by Crippen LogP contribution is -2.23. The van der Waals surface area contributed by atoms with Gasteiger partial charge in [0, 0.05) is 0 Å². The van der Waals surface area contributed by atoms with Gasteiger partial charge in [-0.05, 0) is 38.5 Å². The van der Waals surface area contributed by atoms with Gasteiger partial charge in [-0.25, -0.2) is 4.57 Å². The molecule has 0 saturated heterocycles. The zero-order valence-electron chi connectivity index (χ0n) is 17.9. The minimum absolute atomic E-state index is 0.323. The number of rotatable bonds is 15. The van der Waals surface area contributed by atoms with Crippen molar-refractivity contribution in [2.24, 2.45) is 17.8 Å². The van der Waals surface area contributed by atoms with Crippen molar-refractivity contribution >= 4 is 7.82 Å². The fourth-order valence-corrected chi connectivity index (χ4v) is 3.12. The first-order valence-corrected chi connectivity index (χ1v) is 10.9. The summed E-state index contributed by atoms with van der Waals surface area (Å²) in [5.74, 6) is 0.969. The van der Waals surface area contributed by atoms with Gasteiger partial charge in [-0.2, -0.15) is 0 Å². The molecule has 0 spiro atoms. The van der Waals surface area contributed by atoms with E-state index in [1.807, 2.05) is 41.5 Å². The second-order valence-electron chi connectivity index (χ2n) is 7.65. The van der Waals surface area contributed by atoms with Gasteiger partial charge in [0.2, 0.25) is 0 Å². The number of phosphoric acid groups is 1. The second-order valence-corrected chi connectivity index (χ2v) is 9.17. The third-order valence-corrected chi connectivity index (χ3v) is 4.49.